The lowest BCUT2D eigenvalue weighted by Crippen LogP contribution is -2.04. The minimum atomic E-state index is -0.375. The van der Waals surface area contributed by atoms with E-state index in [2.05, 4.69) is 5.32 Å². The third kappa shape index (κ3) is 3.01. The van der Waals surface area contributed by atoms with Crippen molar-refractivity contribution in [3.63, 3.8) is 0 Å². The number of rotatable bonds is 4. The second-order valence-electron chi connectivity index (χ2n) is 2.95. The molecule has 0 saturated heterocycles. The first kappa shape index (κ1) is 9.96. The van der Waals surface area contributed by atoms with Gasteiger partial charge in [-0.2, -0.15) is 0 Å². The van der Waals surface area contributed by atoms with Crippen molar-refractivity contribution in [2.45, 2.75) is 13.3 Å². The Bertz CT molecular complexity index is 274. The molecule has 0 aliphatic heterocycles. The molecule has 0 fully saturated rings. The van der Waals surface area contributed by atoms with Crippen LogP contribution in [-0.4, -0.2) is 13.2 Å². The molecule has 1 nitrogen and oxygen atoms in total. The smallest absolute Gasteiger partial charge is 0.146 e. The topological polar surface area (TPSA) is 12.0 Å². The molecule has 0 saturated carbocycles. The maximum atomic E-state index is 13.0. The van der Waals surface area contributed by atoms with Gasteiger partial charge in [-0.1, -0.05) is 6.07 Å². The van der Waals surface area contributed by atoms with Gasteiger partial charge in [0.1, 0.15) is 5.82 Å². The van der Waals surface area contributed by atoms with Gasteiger partial charge in [0.15, 0.2) is 0 Å². The van der Waals surface area contributed by atoms with Crippen LogP contribution in [0.1, 0.15) is 12.0 Å². The monoisotopic (exact) mass is 185 g/mol. The molecule has 0 heterocycles. The van der Waals surface area contributed by atoms with E-state index >= 15 is 0 Å². The molecule has 1 aromatic carbocycles. The number of anilines is 1. The quantitative estimate of drug-likeness (QED) is 0.711. The molecule has 3 heteroatoms. The molecule has 0 radical (unpaired) electrons. The number of aryl methyl sites for hydroxylation is 1. The Balaban J connectivity index is 2.59. The van der Waals surface area contributed by atoms with Crippen LogP contribution in [0, 0.1) is 12.7 Å². The zero-order valence-electron chi connectivity index (χ0n) is 7.61. The maximum absolute atomic E-state index is 13.0. The zero-order chi connectivity index (χ0) is 9.68. The Morgan fingerprint density at radius 2 is 2.15 bits per heavy atom. The molecule has 0 unspecified atom stereocenters. The standard InChI is InChI=1S/C10H13F2N/c1-8-3-4-9(12)10(7-8)13-6-2-5-11/h3-4,7,13H,2,5-6H2,1H3. The van der Waals surface area contributed by atoms with Crippen LogP contribution >= 0.6 is 0 Å². The van der Waals surface area contributed by atoms with Gasteiger partial charge < -0.3 is 5.32 Å². The highest BCUT2D eigenvalue weighted by molar-refractivity contribution is 5.46. The van der Waals surface area contributed by atoms with Crippen LogP contribution in [0.15, 0.2) is 18.2 Å². The molecule has 0 aliphatic rings. The summed E-state index contributed by atoms with van der Waals surface area (Å²) in [5.41, 5.74) is 1.44. The second-order valence-corrected chi connectivity index (χ2v) is 2.95. The van der Waals surface area contributed by atoms with Crippen molar-refractivity contribution in [2.24, 2.45) is 0 Å². The van der Waals surface area contributed by atoms with Crippen molar-refractivity contribution >= 4 is 5.69 Å². The fourth-order valence-electron chi connectivity index (χ4n) is 1.06. The third-order valence-corrected chi connectivity index (χ3v) is 1.75. The van der Waals surface area contributed by atoms with Gasteiger partial charge in [-0.05, 0) is 31.0 Å². The minimum Gasteiger partial charge on any atom is -0.383 e. The molecule has 0 bridgehead atoms. The van der Waals surface area contributed by atoms with Gasteiger partial charge in [0.25, 0.3) is 0 Å². The van der Waals surface area contributed by atoms with Gasteiger partial charge in [0, 0.05) is 6.54 Å². The zero-order valence-corrected chi connectivity index (χ0v) is 7.61. The maximum Gasteiger partial charge on any atom is 0.146 e. The first-order chi connectivity index (χ1) is 6.24. The van der Waals surface area contributed by atoms with E-state index < -0.39 is 0 Å². The van der Waals surface area contributed by atoms with Crippen LogP contribution in [0.3, 0.4) is 0 Å². The van der Waals surface area contributed by atoms with Gasteiger partial charge >= 0.3 is 0 Å². The molecular weight excluding hydrogens is 172 g/mol. The molecule has 0 aliphatic carbocycles. The highest BCUT2D eigenvalue weighted by Crippen LogP contribution is 2.15. The molecule has 1 rings (SSSR count). The molecule has 72 valence electrons. The van der Waals surface area contributed by atoms with Crippen molar-refractivity contribution in [3.05, 3.63) is 29.6 Å². The number of benzene rings is 1. The lowest BCUT2D eigenvalue weighted by molar-refractivity contribution is 0.480. The second kappa shape index (κ2) is 4.80. The summed E-state index contributed by atoms with van der Waals surface area (Å²) in [5, 5.41) is 2.84. The summed E-state index contributed by atoms with van der Waals surface area (Å²) < 4.78 is 24.8. The predicted molar refractivity (Wildman–Crippen MR) is 50.2 cm³/mol. The van der Waals surface area contributed by atoms with E-state index in [1.807, 2.05) is 6.92 Å². The van der Waals surface area contributed by atoms with Crippen LogP contribution in [0.2, 0.25) is 0 Å². The Hall–Kier alpha value is -1.12. The predicted octanol–water partition coefficient (Wildman–Crippen LogP) is 2.91. The molecule has 0 atom stereocenters. The van der Waals surface area contributed by atoms with Gasteiger partial charge in [-0.3, -0.25) is 4.39 Å². The van der Waals surface area contributed by atoms with Gasteiger partial charge in [0.05, 0.1) is 12.4 Å². The first-order valence-electron chi connectivity index (χ1n) is 4.30. The SMILES string of the molecule is Cc1ccc(F)c(NCCCF)c1. The summed E-state index contributed by atoms with van der Waals surface area (Å²) in [6, 6.07) is 4.83. The summed E-state index contributed by atoms with van der Waals surface area (Å²) in [4.78, 5) is 0. The van der Waals surface area contributed by atoms with Crippen LogP contribution in [-0.2, 0) is 0 Å². The van der Waals surface area contributed by atoms with Crippen LogP contribution in [0.25, 0.3) is 0 Å². The highest BCUT2D eigenvalue weighted by atomic mass is 19.1. The average Bonchev–Trinajstić information content (AvgIpc) is 2.11. The molecule has 0 aromatic heterocycles. The lowest BCUT2D eigenvalue weighted by Gasteiger charge is -2.06. The van der Waals surface area contributed by atoms with Crippen molar-refractivity contribution in [2.75, 3.05) is 18.5 Å². The summed E-state index contributed by atoms with van der Waals surface area (Å²) in [7, 11) is 0. The minimum absolute atomic E-state index is 0.288. The fraction of sp³-hybridized carbons (Fsp3) is 0.400. The number of hydrogen-bond donors (Lipinski definition) is 1. The van der Waals surface area contributed by atoms with E-state index in [4.69, 9.17) is 0 Å². The van der Waals surface area contributed by atoms with Crippen molar-refractivity contribution in [1.29, 1.82) is 0 Å². The lowest BCUT2D eigenvalue weighted by atomic mass is 10.2. The van der Waals surface area contributed by atoms with Crippen molar-refractivity contribution < 1.29 is 8.78 Å². The van der Waals surface area contributed by atoms with Crippen LogP contribution in [0.5, 0.6) is 0 Å². The Labute approximate surface area is 76.8 Å². The van der Waals surface area contributed by atoms with E-state index in [1.165, 1.54) is 6.07 Å². The summed E-state index contributed by atoms with van der Waals surface area (Å²) in [6.45, 7) is 1.98. The van der Waals surface area contributed by atoms with Crippen molar-refractivity contribution in [3.8, 4) is 0 Å². The fourth-order valence-corrected chi connectivity index (χ4v) is 1.06. The number of halogens is 2. The van der Waals surface area contributed by atoms with E-state index in [-0.39, 0.29) is 12.5 Å². The molecule has 0 amide bonds. The highest BCUT2D eigenvalue weighted by Gasteiger charge is 2.00. The van der Waals surface area contributed by atoms with E-state index in [1.54, 1.807) is 12.1 Å². The summed E-state index contributed by atoms with van der Waals surface area (Å²) >= 11 is 0. The summed E-state index contributed by atoms with van der Waals surface area (Å²) in [6.07, 6.45) is 0.410. The van der Waals surface area contributed by atoms with E-state index in [0.29, 0.717) is 18.7 Å². The molecule has 1 N–H and O–H groups in total. The Morgan fingerprint density at radius 1 is 1.38 bits per heavy atom. The first-order valence-corrected chi connectivity index (χ1v) is 4.30. The van der Waals surface area contributed by atoms with Gasteiger partial charge in [-0.25, -0.2) is 4.39 Å². The van der Waals surface area contributed by atoms with E-state index in [9.17, 15) is 8.78 Å². The van der Waals surface area contributed by atoms with Crippen LogP contribution < -0.4 is 5.32 Å². The van der Waals surface area contributed by atoms with Crippen LogP contribution in [0.4, 0.5) is 14.5 Å². The van der Waals surface area contributed by atoms with E-state index in [0.717, 1.165) is 5.56 Å². The molecule has 13 heavy (non-hydrogen) atoms. The largest absolute Gasteiger partial charge is 0.383 e. The normalized spacial score (nSPS) is 10.1. The Kier molecular flexibility index (Phi) is 3.68. The third-order valence-electron chi connectivity index (χ3n) is 1.75. The molecule has 1 aromatic rings. The number of hydrogen-bond acceptors (Lipinski definition) is 1. The number of alkyl halides is 1. The Morgan fingerprint density at radius 3 is 2.85 bits per heavy atom. The summed E-state index contributed by atoms with van der Waals surface area (Å²) in [5.74, 6) is -0.288. The van der Waals surface area contributed by atoms with Gasteiger partial charge in [0.2, 0.25) is 0 Å². The number of nitrogens with one attached hydrogen (secondary N) is 1. The van der Waals surface area contributed by atoms with Crippen molar-refractivity contribution in [1.82, 2.24) is 0 Å². The molecular formula is C10H13F2N. The van der Waals surface area contributed by atoms with Gasteiger partial charge in [-0.15, -0.1) is 0 Å². The molecule has 0 spiro atoms. The average molecular weight is 185 g/mol.